The molecular weight excluding hydrogens is 372 g/mol. The summed E-state index contributed by atoms with van der Waals surface area (Å²) in [5.41, 5.74) is 2.90. The highest BCUT2D eigenvalue weighted by molar-refractivity contribution is 6.30. The maximum absolute atomic E-state index is 12.5. The topological polar surface area (TPSA) is 63.6 Å². The Balaban J connectivity index is 1.58. The van der Waals surface area contributed by atoms with Crippen LogP contribution in [0.3, 0.4) is 0 Å². The molecule has 6 heteroatoms. The zero-order valence-electron chi connectivity index (χ0n) is 15.6. The van der Waals surface area contributed by atoms with Gasteiger partial charge in [-0.3, -0.25) is 4.79 Å². The zero-order chi connectivity index (χ0) is 19.5. The van der Waals surface area contributed by atoms with Gasteiger partial charge in [0.1, 0.15) is 5.82 Å². The van der Waals surface area contributed by atoms with Gasteiger partial charge in [-0.2, -0.15) is 0 Å². The van der Waals surface area contributed by atoms with Crippen molar-refractivity contribution in [1.82, 2.24) is 19.5 Å². The molecule has 0 radical (unpaired) electrons. The van der Waals surface area contributed by atoms with E-state index in [4.69, 9.17) is 11.6 Å². The maximum Gasteiger partial charge on any atom is 0.279 e. The van der Waals surface area contributed by atoms with E-state index in [2.05, 4.69) is 46.1 Å². The largest absolute Gasteiger partial charge is 0.312 e. The molecule has 4 rings (SSSR count). The van der Waals surface area contributed by atoms with Crippen molar-refractivity contribution in [2.45, 2.75) is 32.2 Å². The summed E-state index contributed by atoms with van der Waals surface area (Å²) in [5.74, 6) is 0.521. The first-order valence-corrected chi connectivity index (χ1v) is 9.76. The van der Waals surface area contributed by atoms with Gasteiger partial charge in [0.25, 0.3) is 5.56 Å². The smallest absolute Gasteiger partial charge is 0.279 e. The lowest BCUT2D eigenvalue weighted by Crippen LogP contribution is -2.12. The number of hydrogen-bond donors (Lipinski definition) is 1. The number of rotatable bonds is 6. The summed E-state index contributed by atoms with van der Waals surface area (Å²) in [7, 11) is 0. The number of fused-ring (bicyclic) bond motifs is 1. The monoisotopic (exact) mass is 392 g/mol. The number of H-pyrrole nitrogens is 1. The van der Waals surface area contributed by atoms with Gasteiger partial charge in [0, 0.05) is 16.6 Å². The van der Waals surface area contributed by atoms with Crippen LogP contribution in [0.15, 0.2) is 65.7 Å². The van der Waals surface area contributed by atoms with Crippen LogP contribution in [0.2, 0.25) is 5.02 Å². The lowest BCUT2D eigenvalue weighted by atomic mass is 10.1. The second kappa shape index (κ2) is 7.98. The molecule has 0 spiro atoms. The van der Waals surface area contributed by atoms with Crippen molar-refractivity contribution >= 4 is 22.8 Å². The number of imidazole rings is 1. The third kappa shape index (κ3) is 3.85. The van der Waals surface area contributed by atoms with Gasteiger partial charge < -0.3 is 9.55 Å². The number of nitrogens with one attached hydrogen (secondary N) is 1. The number of hydrogen-bond acceptors (Lipinski definition) is 3. The number of aromatic amines is 1. The minimum Gasteiger partial charge on any atom is -0.312 e. The number of benzene rings is 2. The van der Waals surface area contributed by atoms with E-state index in [-0.39, 0.29) is 11.6 Å². The van der Waals surface area contributed by atoms with Crippen molar-refractivity contribution in [1.29, 1.82) is 0 Å². The van der Waals surface area contributed by atoms with E-state index in [1.807, 2.05) is 22.8 Å². The van der Waals surface area contributed by atoms with Gasteiger partial charge in [0.15, 0.2) is 11.2 Å². The molecule has 0 saturated heterocycles. The van der Waals surface area contributed by atoms with Crippen molar-refractivity contribution in [2.24, 2.45) is 0 Å². The molecular formula is C22H21ClN4O. The van der Waals surface area contributed by atoms with Gasteiger partial charge in [-0.25, -0.2) is 9.97 Å². The predicted octanol–water partition coefficient (Wildman–Crippen LogP) is 5.02. The highest BCUT2D eigenvalue weighted by Gasteiger charge is 2.15. The van der Waals surface area contributed by atoms with Gasteiger partial charge in [0.2, 0.25) is 0 Å². The fourth-order valence-electron chi connectivity index (χ4n) is 3.38. The van der Waals surface area contributed by atoms with Crippen molar-refractivity contribution in [3.8, 4) is 11.4 Å². The van der Waals surface area contributed by atoms with Gasteiger partial charge in [-0.1, -0.05) is 41.9 Å². The second-order valence-corrected chi connectivity index (χ2v) is 7.41. The molecule has 1 N–H and O–H groups in total. The van der Waals surface area contributed by atoms with Crippen LogP contribution in [0, 0.1) is 0 Å². The molecule has 4 aromatic rings. The van der Waals surface area contributed by atoms with Crippen LogP contribution in [0.4, 0.5) is 0 Å². The summed E-state index contributed by atoms with van der Waals surface area (Å²) < 4.78 is 2.00. The summed E-state index contributed by atoms with van der Waals surface area (Å²) in [5, 5.41) is 0.643. The molecule has 0 aliphatic rings. The quantitative estimate of drug-likeness (QED) is 0.500. The fraction of sp³-hybridized carbons (Fsp3) is 0.227. The van der Waals surface area contributed by atoms with Crippen molar-refractivity contribution in [3.05, 3.63) is 81.9 Å². The first-order valence-electron chi connectivity index (χ1n) is 9.38. The number of halogens is 1. The molecule has 28 heavy (non-hydrogen) atoms. The number of aromatic nitrogens is 4. The van der Waals surface area contributed by atoms with Crippen LogP contribution in [0.5, 0.6) is 0 Å². The average molecular weight is 393 g/mol. The molecule has 142 valence electrons. The first kappa shape index (κ1) is 18.4. The van der Waals surface area contributed by atoms with Gasteiger partial charge in [0.05, 0.1) is 6.33 Å². The molecule has 5 nitrogen and oxygen atoms in total. The van der Waals surface area contributed by atoms with E-state index < -0.39 is 0 Å². The lowest BCUT2D eigenvalue weighted by Gasteiger charge is -2.14. The molecule has 0 saturated carbocycles. The SMILES string of the molecule is CC(CCCc1ccccc1)n1cnc2c(=O)[nH]c(-c3ccc(Cl)cc3)nc21. The predicted molar refractivity (Wildman–Crippen MR) is 113 cm³/mol. The Morgan fingerprint density at radius 1 is 1.11 bits per heavy atom. The second-order valence-electron chi connectivity index (χ2n) is 6.97. The Morgan fingerprint density at radius 3 is 2.61 bits per heavy atom. The Bertz CT molecular complexity index is 1130. The normalized spacial score (nSPS) is 12.4. The minimum absolute atomic E-state index is 0.195. The molecule has 0 aliphatic carbocycles. The first-order chi connectivity index (χ1) is 13.6. The average Bonchev–Trinajstić information content (AvgIpc) is 3.14. The van der Waals surface area contributed by atoms with E-state index >= 15 is 0 Å². The minimum atomic E-state index is -0.231. The Labute approximate surface area is 168 Å². The fourth-order valence-corrected chi connectivity index (χ4v) is 3.50. The number of aryl methyl sites for hydroxylation is 1. The van der Waals surface area contributed by atoms with Gasteiger partial charge in [-0.05, 0) is 56.0 Å². The summed E-state index contributed by atoms with van der Waals surface area (Å²) in [6, 6.07) is 17.9. The molecule has 1 atom stereocenters. The zero-order valence-corrected chi connectivity index (χ0v) is 16.4. The van der Waals surface area contributed by atoms with Gasteiger partial charge in [-0.15, -0.1) is 0 Å². The Morgan fingerprint density at radius 2 is 1.86 bits per heavy atom. The van der Waals surface area contributed by atoms with E-state index in [1.54, 1.807) is 18.5 Å². The van der Waals surface area contributed by atoms with E-state index in [1.165, 1.54) is 5.56 Å². The van der Waals surface area contributed by atoms with Crippen LogP contribution in [0.25, 0.3) is 22.6 Å². The van der Waals surface area contributed by atoms with Crippen LogP contribution in [-0.2, 0) is 6.42 Å². The molecule has 2 aromatic carbocycles. The van der Waals surface area contributed by atoms with Crippen LogP contribution < -0.4 is 5.56 Å². The van der Waals surface area contributed by atoms with E-state index in [0.717, 1.165) is 24.8 Å². The number of nitrogens with zero attached hydrogens (tertiary/aromatic N) is 3. The Kier molecular flexibility index (Phi) is 5.26. The summed E-state index contributed by atoms with van der Waals surface area (Å²) >= 11 is 5.96. The molecule has 1 unspecified atom stereocenters. The highest BCUT2D eigenvalue weighted by atomic mass is 35.5. The molecule has 0 amide bonds. The summed E-state index contributed by atoms with van der Waals surface area (Å²) in [4.78, 5) is 24.3. The van der Waals surface area contributed by atoms with Crippen molar-refractivity contribution in [2.75, 3.05) is 0 Å². The third-order valence-electron chi connectivity index (χ3n) is 4.96. The van der Waals surface area contributed by atoms with Crippen LogP contribution in [-0.4, -0.2) is 19.5 Å². The Hall–Kier alpha value is -2.92. The van der Waals surface area contributed by atoms with Crippen LogP contribution >= 0.6 is 11.6 Å². The van der Waals surface area contributed by atoms with Crippen molar-refractivity contribution < 1.29 is 0 Å². The van der Waals surface area contributed by atoms with Crippen LogP contribution in [0.1, 0.15) is 31.4 Å². The molecule has 0 bridgehead atoms. The molecule has 0 fully saturated rings. The maximum atomic E-state index is 12.5. The summed E-state index contributed by atoms with van der Waals surface area (Å²) in [6.45, 7) is 2.14. The third-order valence-corrected chi connectivity index (χ3v) is 5.21. The van der Waals surface area contributed by atoms with Crippen molar-refractivity contribution in [3.63, 3.8) is 0 Å². The molecule has 2 aromatic heterocycles. The van der Waals surface area contributed by atoms with Gasteiger partial charge >= 0.3 is 0 Å². The molecule has 2 heterocycles. The lowest BCUT2D eigenvalue weighted by molar-refractivity contribution is 0.497. The molecule has 0 aliphatic heterocycles. The van der Waals surface area contributed by atoms with E-state index in [0.29, 0.717) is 22.0 Å². The highest BCUT2D eigenvalue weighted by Crippen LogP contribution is 2.22. The summed E-state index contributed by atoms with van der Waals surface area (Å²) in [6.07, 6.45) is 4.77. The van der Waals surface area contributed by atoms with E-state index in [9.17, 15) is 4.79 Å². The standard InChI is InChI=1S/C22H21ClN4O/c1-15(6-5-9-16-7-3-2-4-8-16)27-14-24-19-21(27)25-20(26-22(19)28)17-10-12-18(23)13-11-17/h2-4,7-8,10-15H,5-6,9H2,1H3,(H,25,26,28).